The zero-order valence-corrected chi connectivity index (χ0v) is 10.8. The minimum absolute atomic E-state index is 0.680. The molecule has 0 atom stereocenters. The van der Waals surface area contributed by atoms with Gasteiger partial charge in [0.15, 0.2) is 0 Å². The molecule has 2 aromatic carbocycles. The standard InChI is InChI=1S/C20H10/c1-5-15-11-9-12-16(6-2)19(15)20-17(7-3)13-10-14-18(20)8-4/h1-4,9-14H. The molecule has 0 aliphatic carbocycles. The predicted molar refractivity (Wildman–Crippen MR) is 83.6 cm³/mol. The minimum atomic E-state index is 0.680. The molecule has 0 fully saturated rings. The van der Waals surface area contributed by atoms with Gasteiger partial charge < -0.3 is 0 Å². The number of hydrogen-bond donors (Lipinski definition) is 0. The first-order valence-electron chi connectivity index (χ1n) is 5.89. The Morgan fingerprint density at radius 3 is 0.950 bits per heavy atom. The quantitative estimate of drug-likeness (QED) is 0.681. The van der Waals surface area contributed by atoms with E-state index in [1.165, 1.54) is 0 Å². The molecule has 0 unspecified atom stereocenters. The molecule has 0 aromatic heterocycles. The molecule has 2 rings (SSSR count). The van der Waals surface area contributed by atoms with Gasteiger partial charge in [-0.3, -0.25) is 0 Å². The summed E-state index contributed by atoms with van der Waals surface area (Å²) in [4.78, 5) is 0. The van der Waals surface area contributed by atoms with E-state index in [0.717, 1.165) is 11.1 Å². The van der Waals surface area contributed by atoms with Crippen molar-refractivity contribution < 1.29 is 0 Å². The van der Waals surface area contributed by atoms with Gasteiger partial charge in [0.2, 0.25) is 0 Å². The van der Waals surface area contributed by atoms with Gasteiger partial charge in [0, 0.05) is 33.4 Å². The number of hydrogen-bond acceptors (Lipinski definition) is 0. The summed E-state index contributed by atoms with van der Waals surface area (Å²) < 4.78 is 0. The largest absolute Gasteiger partial charge is 0.115 e. The van der Waals surface area contributed by atoms with Crippen LogP contribution < -0.4 is 0 Å². The third-order valence-electron chi connectivity index (χ3n) is 3.00. The molecule has 0 aliphatic rings. The normalized spacial score (nSPS) is 8.80. The van der Waals surface area contributed by atoms with Crippen molar-refractivity contribution in [2.45, 2.75) is 0 Å². The maximum atomic E-state index is 5.57. The van der Waals surface area contributed by atoms with Gasteiger partial charge >= 0.3 is 0 Å². The van der Waals surface area contributed by atoms with Gasteiger partial charge in [-0.15, -0.1) is 25.7 Å². The second-order valence-corrected chi connectivity index (χ2v) is 4.03. The summed E-state index contributed by atoms with van der Waals surface area (Å²) in [5, 5.41) is 0. The van der Waals surface area contributed by atoms with Crippen molar-refractivity contribution in [3.05, 3.63) is 58.7 Å². The Bertz CT molecular complexity index is 700. The van der Waals surface area contributed by atoms with Gasteiger partial charge in [0.1, 0.15) is 0 Å². The molecule has 0 spiro atoms. The van der Waals surface area contributed by atoms with Crippen LogP contribution in [0.3, 0.4) is 0 Å². The van der Waals surface area contributed by atoms with Crippen molar-refractivity contribution in [1.29, 1.82) is 0 Å². The van der Waals surface area contributed by atoms with E-state index >= 15 is 0 Å². The van der Waals surface area contributed by atoms with Crippen LogP contribution in [0.4, 0.5) is 0 Å². The molecule has 0 N–H and O–H groups in total. The minimum Gasteiger partial charge on any atom is -0.115 e. The fourth-order valence-electron chi connectivity index (χ4n) is 2.12. The molecular formula is C20H10. The summed E-state index contributed by atoms with van der Waals surface area (Å²) in [5.41, 5.74) is 4.22. The second kappa shape index (κ2) is 5.55. The highest BCUT2D eigenvalue weighted by Gasteiger charge is 2.15. The molecule has 0 radical (unpaired) electrons. The molecule has 0 saturated heterocycles. The van der Waals surface area contributed by atoms with Crippen LogP contribution in [-0.4, -0.2) is 0 Å². The van der Waals surface area contributed by atoms with Gasteiger partial charge in [0.05, 0.1) is 0 Å². The van der Waals surface area contributed by atoms with Crippen molar-refractivity contribution in [2.75, 3.05) is 0 Å². The molecular weight excluding hydrogens is 240 g/mol. The summed E-state index contributed by atoms with van der Waals surface area (Å²) in [6, 6.07) is 10.9. The average molecular weight is 250 g/mol. The third-order valence-corrected chi connectivity index (χ3v) is 3.00. The first-order chi connectivity index (χ1) is 9.76. The maximum Gasteiger partial charge on any atom is 0.0334 e. The van der Waals surface area contributed by atoms with E-state index in [1.807, 2.05) is 36.4 Å². The smallest absolute Gasteiger partial charge is 0.0334 e. The monoisotopic (exact) mass is 250 g/mol. The first kappa shape index (κ1) is 13.1. The number of terminal acetylenes is 4. The van der Waals surface area contributed by atoms with Gasteiger partial charge in [-0.2, -0.15) is 0 Å². The summed E-state index contributed by atoms with van der Waals surface area (Å²) in [6.45, 7) is 0. The van der Waals surface area contributed by atoms with Crippen molar-refractivity contribution in [3.63, 3.8) is 0 Å². The lowest BCUT2D eigenvalue weighted by Crippen LogP contribution is -1.96. The van der Waals surface area contributed by atoms with Crippen LogP contribution in [0, 0.1) is 49.4 Å². The number of rotatable bonds is 1. The lowest BCUT2D eigenvalue weighted by atomic mass is 9.88. The highest BCUT2D eigenvalue weighted by atomic mass is 14.2. The second-order valence-electron chi connectivity index (χ2n) is 4.03. The van der Waals surface area contributed by atoms with Crippen molar-refractivity contribution in [1.82, 2.24) is 0 Å². The van der Waals surface area contributed by atoms with E-state index in [9.17, 15) is 0 Å². The van der Waals surface area contributed by atoms with Crippen LogP contribution >= 0.6 is 0 Å². The molecule has 0 heterocycles. The van der Waals surface area contributed by atoms with E-state index in [2.05, 4.69) is 23.7 Å². The van der Waals surface area contributed by atoms with Crippen LogP contribution in [0.1, 0.15) is 22.3 Å². The summed E-state index contributed by atoms with van der Waals surface area (Å²) >= 11 is 0. The zero-order valence-electron chi connectivity index (χ0n) is 10.8. The van der Waals surface area contributed by atoms with Gasteiger partial charge in [-0.05, 0) is 24.3 Å². The van der Waals surface area contributed by atoms with Gasteiger partial charge in [0.25, 0.3) is 0 Å². The summed E-state index contributed by atoms with van der Waals surface area (Å²) in [6.07, 6.45) is 22.3. The van der Waals surface area contributed by atoms with E-state index in [0.29, 0.717) is 22.3 Å². The van der Waals surface area contributed by atoms with E-state index < -0.39 is 0 Å². The van der Waals surface area contributed by atoms with Crippen LogP contribution in [0.5, 0.6) is 0 Å². The Morgan fingerprint density at radius 1 is 0.500 bits per heavy atom. The lowest BCUT2D eigenvalue weighted by molar-refractivity contribution is 1.51. The Balaban J connectivity index is 2.98. The van der Waals surface area contributed by atoms with Crippen LogP contribution in [0.25, 0.3) is 11.1 Å². The van der Waals surface area contributed by atoms with Crippen LogP contribution in [0.15, 0.2) is 36.4 Å². The average Bonchev–Trinajstić information content (AvgIpc) is 2.52. The van der Waals surface area contributed by atoms with Gasteiger partial charge in [-0.1, -0.05) is 35.8 Å². The third kappa shape index (κ3) is 2.04. The molecule has 0 bridgehead atoms. The molecule has 0 amide bonds. The van der Waals surface area contributed by atoms with Crippen molar-refractivity contribution >= 4 is 0 Å². The first-order valence-corrected chi connectivity index (χ1v) is 5.89. The lowest BCUT2D eigenvalue weighted by Gasteiger charge is -2.13. The molecule has 0 heteroatoms. The molecule has 2 aromatic rings. The molecule has 0 nitrogen and oxygen atoms in total. The Labute approximate surface area is 119 Å². The van der Waals surface area contributed by atoms with E-state index in [1.54, 1.807) is 0 Å². The predicted octanol–water partition coefficient (Wildman–Crippen LogP) is 3.28. The van der Waals surface area contributed by atoms with E-state index in [4.69, 9.17) is 25.7 Å². The molecule has 20 heavy (non-hydrogen) atoms. The summed E-state index contributed by atoms with van der Waals surface area (Å²) in [7, 11) is 0. The maximum absolute atomic E-state index is 5.57. The highest BCUT2D eigenvalue weighted by Crippen LogP contribution is 2.32. The highest BCUT2D eigenvalue weighted by molar-refractivity contribution is 5.85. The molecule has 0 saturated carbocycles. The van der Waals surface area contributed by atoms with Crippen LogP contribution in [0.2, 0.25) is 0 Å². The van der Waals surface area contributed by atoms with Crippen molar-refractivity contribution in [2.24, 2.45) is 0 Å². The summed E-state index contributed by atoms with van der Waals surface area (Å²) in [5.74, 6) is 10.6. The van der Waals surface area contributed by atoms with E-state index in [-0.39, 0.29) is 0 Å². The van der Waals surface area contributed by atoms with Crippen LogP contribution in [-0.2, 0) is 0 Å². The van der Waals surface area contributed by atoms with Gasteiger partial charge in [-0.25, -0.2) is 0 Å². The molecule has 0 aliphatic heterocycles. The zero-order chi connectivity index (χ0) is 14.5. The van der Waals surface area contributed by atoms with Crippen molar-refractivity contribution in [3.8, 4) is 60.5 Å². The Morgan fingerprint density at radius 2 is 0.750 bits per heavy atom. The SMILES string of the molecule is C#Cc1cccc(C#C)c1-c1c(C#C)cccc1C#C. The topological polar surface area (TPSA) is 0 Å². The number of benzene rings is 2. The fraction of sp³-hybridized carbons (Fsp3) is 0. The fourth-order valence-corrected chi connectivity index (χ4v) is 2.12. The Kier molecular flexibility index (Phi) is 3.64. The Hall–Kier alpha value is -3.32. The molecule has 90 valence electrons.